The molecule has 0 bridgehead atoms. The molecular weight excluding hydrogens is 208 g/mol. The molecule has 0 saturated heterocycles. The van der Waals surface area contributed by atoms with Gasteiger partial charge in [0.05, 0.1) is 0 Å². The first-order valence-electron chi connectivity index (χ1n) is 6.53. The zero-order chi connectivity index (χ0) is 12.7. The largest absolute Gasteiger partial charge is 0.385 e. The quantitative estimate of drug-likeness (QED) is 0.737. The van der Waals surface area contributed by atoms with Gasteiger partial charge in [0.2, 0.25) is 0 Å². The van der Waals surface area contributed by atoms with Crippen LogP contribution in [0.3, 0.4) is 0 Å². The molecule has 17 heavy (non-hydrogen) atoms. The smallest absolute Gasteiger partial charge is 0.0378 e. The van der Waals surface area contributed by atoms with Crippen LogP contribution in [0.15, 0.2) is 24.3 Å². The van der Waals surface area contributed by atoms with E-state index in [1.54, 1.807) is 0 Å². The second-order valence-corrected chi connectivity index (χ2v) is 5.53. The topological polar surface area (TPSA) is 24.1 Å². The van der Waals surface area contributed by atoms with Crippen molar-refractivity contribution in [3.63, 3.8) is 0 Å². The highest BCUT2D eigenvalue weighted by atomic mass is 14.9. The highest BCUT2D eigenvalue weighted by Crippen LogP contribution is 2.29. The Bertz CT molecular complexity index is 326. The van der Waals surface area contributed by atoms with Crippen LogP contribution in [0.2, 0.25) is 0 Å². The Morgan fingerprint density at radius 2 is 1.65 bits per heavy atom. The summed E-state index contributed by atoms with van der Waals surface area (Å²) in [5.74, 6) is 0. The van der Waals surface area contributed by atoms with E-state index in [9.17, 15) is 0 Å². The summed E-state index contributed by atoms with van der Waals surface area (Å²) in [5, 5.41) is 6.73. The molecule has 2 N–H and O–H groups in total. The number of nitrogens with one attached hydrogen (secondary N) is 2. The average Bonchev–Trinajstić information content (AvgIpc) is 2.28. The predicted octanol–water partition coefficient (Wildman–Crippen LogP) is 3.40. The van der Waals surface area contributed by atoms with Gasteiger partial charge in [-0.3, -0.25) is 0 Å². The summed E-state index contributed by atoms with van der Waals surface area (Å²) in [4.78, 5) is 0. The summed E-state index contributed by atoms with van der Waals surface area (Å²) in [6, 6.07) is 8.62. The van der Waals surface area contributed by atoms with E-state index < -0.39 is 0 Å². The fourth-order valence-corrected chi connectivity index (χ4v) is 1.94. The van der Waals surface area contributed by atoms with E-state index >= 15 is 0 Å². The van der Waals surface area contributed by atoms with Crippen LogP contribution < -0.4 is 10.6 Å². The summed E-state index contributed by atoms with van der Waals surface area (Å²) >= 11 is 0. The van der Waals surface area contributed by atoms with Crippen LogP contribution in [0.5, 0.6) is 0 Å². The first kappa shape index (κ1) is 14.0. The van der Waals surface area contributed by atoms with Crippen molar-refractivity contribution in [3.8, 4) is 0 Å². The molecule has 0 aliphatic carbocycles. The van der Waals surface area contributed by atoms with Gasteiger partial charge in [-0.1, -0.05) is 39.0 Å². The van der Waals surface area contributed by atoms with Gasteiger partial charge in [-0.15, -0.1) is 0 Å². The van der Waals surface area contributed by atoms with Crippen LogP contribution in [0, 0.1) is 0 Å². The standard InChI is InChI=1S/C15H26N2/c1-15(2,3)13-9-5-6-10-14(13)17-12-8-7-11-16-4/h5-6,9-10,16-17H,7-8,11-12H2,1-4H3. The minimum Gasteiger partial charge on any atom is -0.385 e. The van der Waals surface area contributed by atoms with Crippen molar-refractivity contribution >= 4 is 5.69 Å². The van der Waals surface area contributed by atoms with Crippen molar-refractivity contribution in [2.75, 3.05) is 25.5 Å². The van der Waals surface area contributed by atoms with Crippen LogP contribution in [-0.2, 0) is 5.41 Å². The minimum atomic E-state index is 0.203. The second-order valence-electron chi connectivity index (χ2n) is 5.53. The van der Waals surface area contributed by atoms with Gasteiger partial charge in [-0.25, -0.2) is 0 Å². The summed E-state index contributed by atoms with van der Waals surface area (Å²) in [7, 11) is 2.00. The number of rotatable bonds is 6. The summed E-state index contributed by atoms with van der Waals surface area (Å²) < 4.78 is 0. The van der Waals surface area contributed by atoms with Crippen molar-refractivity contribution in [3.05, 3.63) is 29.8 Å². The first-order valence-corrected chi connectivity index (χ1v) is 6.53. The molecule has 0 aliphatic rings. The molecule has 0 amide bonds. The molecule has 1 rings (SSSR count). The van der Waals surface area contributed by atoms with Gasteiger partial charge in [0.1, 0.15) is 0 Å². The monoisotopic (exact) mass is 234 g/mol. The molecule has 0 aromatic heterocycles. The molecule has 96 valence electrons. The number of unbranched alkanes of at least 4 members (excludes halogenated alkanes) is 1. The van der Waals surface area contributed by atoms with Crippen molar-refractivity contribution in [1.82, 2.24) is 5.32 Å². The molecule has 2 heteroatoms. The van der Waals surface area contributed by atoms with Crippen molar-refractivity contribution in [2.24, 2.45) is 0 Å². The fourth-order valence-electron chi connectivity index (χ4n) is 1.94. The molecule has 0 aliphatic heterocycles. The summed E-state index contributed by atoms with van der Waals surface area (Å²) in [5.41, 5.74) is 2.88. The van der Waals surface area contributed by atoms with Crippen molar-refractivity contribution in [2.45, 2.75) is 39.0 Å². The van der Waals surface area contributed by atoms with E-state index in [2.05, 4.69) is 55.7 Å². The first-order chi connectivity index (χ1) is 8.05. The molecule has 0 fully saturated rings. The van der Waals surface area contributed by atoms with Gasteiger partial charge in [0, 0.05) is 12.2 Å². The highest BCUT2D eigenvalue weighted by molar-refractivity contribution is 5.54. The molecule has 0 saturated carbocycles. The van der Waals surface area contributed by atoms with Crippen LogP contribution in [0.1, 0.15) is 39.2 Å². The average molecular weight is 234 g/mol. The fraction of sp³-hybridized carbons (Fsp3) is 0.600. The number of hydrogen-bond donors (Lipinski definition) is 2. The second kappa shape index (κ2) is 6.65. The minimum absolute atomic E-state index is 0.203. The lowest BCUT2D eigenvalue weighted by atomic mass is 9.86. The van der Waals surface area contributed by atoms with Crippen molar-refractivity contribution < 1.29 is 0 Å². The van der Waals surface area contributed by atoms with Gasteiger partial charge >= 0.3 is 0 Å². The molecule has 2 nitrogen and oxygen atoms in total. The van der Waals surface area contributed by atoms with Gasteiger partial charge in [-0.2, -0.15) is 0 Å². The number of benzene rings is 1. The van der Waals surface area contributed by atoms with Crippen LogP contribution >= 0.6 is 0 Å². The molecular formula is C15H26N2. The summed E-state index contributed by atoms with van der Waals surface area (Å²) in [6.45, 7) is 8.93. The van der Waals surface area contributed by atoms with Gasteiger partial charge in [0.15, 0.2) is 0 Å². The van der Waals surface area contributed by atoms with Crippen LogP contribution in [-0.4, -0.2) is 20.1 Å². The van der Waals surface area contributed by atoms with Crippen LogP contribution in [0.25, 0.3) is 0 Å². The molecule has 0 heterocycles. The Labute approximate surface area is 106 Å². The van der Waals surface area contributed by atoms with E-state index in [1.165, 1.54) is 24.1 Å². The molecule has 1 aromatic rings. The Morgan fingerprint density at radius 1 is 1.00 bits per heavy atom. The summed E-state index contributed by atoms with van der Waals surface area (Å²) in [6.07, 6.45) is 2.43. The predicted molar refractivity (Wildman–Crippen MR) is 76.8 cm³/mol. The Morgan fingerprint density at radius 3 is 2.29 bits per heavy atom. The van der Waals surface area contributed by atoms with Gasteiger partial charge < -0.3 is 10.6 Å². The van der Waals surface area contributed by atoms with E-state index in [1.807, 2.05) is 7.05 Å². The molecule has 0 spiro atoms. The third kappa shape index (κ3) is 4.78. The van der Waals surface area contributed by atoms with Gasteiger partial charge in [0.25, 0.3) is 0 Å². The normalized spacial score (nSPS) is 11.5. The van der Waals surface area contributed by atoms with E-state index in [-0.39, 0.29) is 5.41 Å². The van der Waals surface area contributed by atoms with E-state index in [0.717, 1.165) is 13.1 Å². The maximum Gasteiger partial charge on any atom is 0.0378 e. The number of anilines is 1. The SMILES string of the molecule is CNCCCCNc1ccccc1C(C)(C)C. The van der Waals surface area contributed by atoms with Gasteiger partial charge in [-0.05, 0) is 43.5 Å². The number of hydrogen-bond acceptors (Lipinski definition) is 2. The van der Waals surface area contributed by atoms with E-state index in [4.69, 9.17) is 0 Å². The van der Waals surface area contributed by atoms with Crippen molar-refractivity contribution in [1.29, 1.82) is 0 Å². The lowest BCUT2D eigenvalue weighted by molar-refractivity contribution is 0.591. The third-order valence-electron chi connectivity index (χ3n) is 2.90. The molecule has 0 unspecified atom stereocenters. The van der Waals surface area contributed by atoms with E-state index in [0.29, 0.717) is 0 Å². The third-order valence-corrected chi connectivity index (χ3v) is 2.90. The Balaban J connectivity index is 2.53. The highest BCUT2D eigenvalue weighted by Gasteiger charge is 2.16. The zero-order valence-corrected chi connectivity index (χ0v) is 11.6. The Hall–Kier alpha value is -1.02. The number of para-hydroxylation sites is 1. The molecule has 0 atom stereocenters. The maximum absolute atomic E-state index is 3.55. The lowest BCUT2D eigenvalue weighted by Crippen LogP contribution is -2.16. The molecule has 0 radical (unpaired) electrons. The zero-order valence-electron chi connectivity index (χ0n) is 11.6. The maximum atomic E-state index is 3.55. The Kier molecular flexibility index (Phi) is 5.49. The molecule has 1 aromatic carbocycles. The lowest BCUT2D eigenvalue weighted by Gasteiger charge is -2.23. The van der Waals surface area contributed by atoms with Crippen LogP contribution in [0.4, 0.5) is 5.69 Å².